The first-order valence-corrected chi connectivity index (χ1v) is 11.3. The maximum atomic E-state index is 14.2. The summed E-state index contributed by atoms with van der Waals surface area (Å²) < 4.78 is 53.3. The lowest BCUT2D eigenvalue weighted by molar-refractivity contribution is 0.522. The molecule has 0 N–H and O–H groups in total. The highest BCUT2D eigenvalue weighted by Crippen LogP contribution is 2.38. The predicted octanol–water partition coefficient (Wildman–Crippen LogP) is 6.29. The first-order valence-electron chi connectivity index (χ1n) is 6.89. The molecule has 2 nitrogen and oxygen atoms in total. The fourth-order valence-electron chi connectivity index (χ4n) is 2.52. The molecular weight excluding hydrogens is 498 g/mol. The van der Waals surface area contributed by atoms with Crippen molar-refractivity contribution in [3.8, 4) is 22.3 Å². The number of thiophene rings is 1. The van der Waals surface area contributed by atoms with E-state index in [0.29, 0.717) is 5.56 Å². The molecule has 25 heavy (non-hydrogen) atoms. The molecule has 3 aromatic rings. The number of rotatable bonds is 3. The van der Waals surface area contributed by atoms with Gasteiger partial charge in [-0.25, -0.2) is 17.2 Å². The second-order valence-corrected chi connectivity index (χ2v) is 9.93. The molecule has 0 aliphatic rings. The van der Waals surface area contributed by atoms with E-state index < -0.39 is 26.4 Å². The van der Waals surface area contributed by atoms with E-state index in [1.54, 1.807) is 5.38 Å². The van der Waals surface area contributed by atoms with Crippen LogP contribution in [0, 0.1) is 11.6 Å². The summed E-state index contributed by atoms with van der Waals surface area (Å²) in [6, 6.07) is 7.79. The van der Waals surface area contributed by atoms with Crippen LogP contribution in [0.15, 0.2) is 54.9 Å². The zero-order chi connectivity index (χ0) is 18.4. The van der Waals surface area contributed by atoms with E-state index in [2.05, 4.69) is 31.9 Å². The van der Waals surface area contributed by atoms with Gasteiger partial charge in [0.25, 0.3) is 0 Å². The third kappa shape index (κ3) is 3.86. The van der Waals surface area contributed by atoms with Gasteiger partial charge in [-0.05, 0) is 52.2 Å². The summed E-state index contributed by atoms with van der Waals surface area (Å²) in [5.74, 6) is -2.19. The van der Waals surface area contributed by atoms with Crippen molar-refractivity contribution < 1.29 is 17.2 Å². The van der Waals surface area contributed by atoms with Crippen molar-refractivity contribution in [3.63, 3.8) is 0 Å². The molecule has 2 aromatic carbocycles. The maximum Gasteiger partial charge on any atom is 0.181 e. The van der Waals surface area contributed by atoms with Crippen LogP contribution in [-0.2, 0) is 9.84 Å². The Morgan fingerprint density at radius 2 is 1.28 bits per heavy atom. The van der Waals surface area contributed by atoms with Crippen molar-refractivity contribution in [2.45, 2.75) is 4.90 Å². The van der Waals surface area contributed by atoms with E-state index in [4.69, 9.17) is 0 Å². The number of halogens is 4. The average Bonchev–Trinajstić information content (AvgIpc) is 2.93. The fraction of sp³-hybridized carbons (Fsp3) is 0.0588. The van der Waals surface area contributed by atoms with Crippen molar-refractivity contribution >= 4 is 53.0 Å². The summed E-state index contributed by atoms with van der Waals surface area (Å²) >= 11 is 8.24. The van der Waals surface area contributed by atoms with Gasteiger partial charge in [0, 0.05) is 26.3 Å². The van der Waals surface area contributed by atoms with Gasteiger partial charge in [0.1, 0.15) is 16.5 Å². The lowest BCUT2D eigenvalue weighted by Crippen LogP contribution is -2.04. The Morgan fingerprint density at radius 1 is 0.840 bits per heavy atom. The van der Waals surface area contributed by atoms with Gasteiger partial charge in [-0.2, -0.15) is 11.3 Å². The molecule has 0 aliphatic carbocycles. The molecule has 0 saturated carbocycles. The van der Waals surface area contributed by atoms with Gasteiger partial charge in [0.2, 0.25) is 0 Å². The third-order valence-corrected chi connectivity index (χ3v) is 6.31. The molecule has 0 spiro atoms. The van der Waals surface area contributed by atoms with E-state index in [-0.39, 0.29) is 5.56 Å². The highest BCUT2D eigenvalue weighted by Gasteiger charge is 2.22. The van der Waals surface area contributed by atoms with Crippen LogP contribution in [0.3, 0.4) is 0 Å². The summed E-state index contributed by atoms with van der Waals surface area (Å²) in [7, 11) is -3.98. The highest BCUT2D eigenvalue weighted by atomic mass is 79.9. The molecule has 1 aromatic heterocycles. The minimum absolute atomic E-state index is 0.287. The molecule has 1 heterocycles. The summed E-state index contributed by atoms with van der Waals surface area (Å²) in [5.41, 5.74) is 2.59. The lowest BCUT2D eigenvalue weighted by Gasteiger charge is -2.09. The normalized spacial score (nSPS) is 11.7. The third-order valence-electron chi connectivity index (χ3n) is 3.52. The quantitative estimate of drug-likeness (QED) is 0.417. The molecule has 0 bridgehead atoms. The van der Waals surface area contributed by atoms with Gasteiger partial charge >= 0.3 is 0 Å². The van der Waals surface area contributed by atoms with Crippen LogP contribution >= 0.6 is 43.2 Å². The van der Waals surface area contributed by atoms with Crippen LogP contribution in [0.2, 0.25) is 0 Å². The van der Waals surface area contributed by atoms with Crippen LogP contribution in [-0.4, -0.2) is 14.7 Å². The van der Waals surface area contributed by atoms with Crippen molar-refractivity contribution in [1.82, 2.24) is 0 Å². The molecule has 130 valence electrons. The molecular formula is C17H10Br2F2O2S2. The minimum atomic E-state index is -3.98. The second kappa shape index (κ2) is 6.90. The first-order chi connectivity index (χ1) is 11.7. The molecule has 0 aliphatic heterocycles. The minimum Gasteiger partial charge on any atom is -0.224 e. The number of benzene rings is 2. The van der Waals surface area contributed by atoms with Crippen molar-refractivity contribution in [1.29, 1.82) is 0 Å². The molecule has 0 amide bonds. The number of hydrogen-bond acceptors (Lipinski definition) is 3. The van der Waals surface area contributed by atoms with Gasteiger partial charge in [-0.1, -0.05) is 31.9 Å². The van der Waals surface area contributed by atoms with Crippen molar-refractivity contribution in [2.75, 3.05) is 6.26 Å². The second-order valence-electron chi connectivity index (χ2n) is 5.40. The molecule has 8 heteroatoms. The Balaban J connectivity index is 2.19. The van der Waals surface area contributed by atoms with Gasteiger partial charge in [-0.15, -0.1) is 0 Å². The molecule has 0 atom stereocenters. The molecule has 0 saturated heterocycles. The van der Waals surface area contributed by atoms with E-state index in [9.17, 15) is 17.2 Å². The zero-order valence-corrected chi connectivity index (χ0v) is 17.5. The molecule has 0 radical (unpaired) electrons. The van der Waals surface area contributed by atoms with Gasteiger partial charge in [-0.3, -0.25) is 0 Å². The average molecular weight is 508 g/mol. The summed E-state index contributed by atoms with van der Waals surface area (Å²) in [6.45, 7) is 0. The summed E-state index contributed by atoms with van der Waals surface area (Å²) in [4.78, 5) is -0.904. The number of hydrogen-bond donors (Lipinski definition) is 0. The largest absolute Gasteiger partial charge is 0.224 e. The van der Waals surface area contributed by atoms with Gasteiger partial charge in [0.05, 0.1) is 0 Å². The van der Waals surface area contributed by atoms with Crippen LogP contribution in [0.1, 0.15) is 0 Å². The number of sulfone groups is 1. The Morgan fingerprint density at radius 3 is 1.72 bits per heavy atom. The van der Waals surface area contributed by atoms with E-state index >= 15 is 0 Å². The Kier molecular flexibility index (Phi) is 5.16. The van der Waals surface area contributed by atoms with Crippen LogP contribution < -0.4 is 0 Å². The fourth-order valence-corrected chi connectivity index (χ4v) is 5.51. The smallest absolute Gasteiger partial charge is 0.181 e. The summed E-state index contributed by atoms with van der Waals surface area (Å²) in [5, 5.41) is 3.66. The Hall–Kier alpha value is -1.09. The van der Waals surface area contributed by atoms with E-state index in [1.807, 2.05) is 23.6 Å². The van der Waals surface area contributed by atoms with Gasteiger partial charge in [0.15, 0.2) is 9.84 Å². The predicted molar refractivity (Wildman–Crippen MR) is 104 cm³/mol. The molecule has 3 rings (SSSR count). The van der Waals surface area contributed by atoms with Crippen molar-refractivity contribution in [2.24, 2.45) is 0 Å². The van der Waals surface area contributed by atoms with E-state index in [0.717, 1.165) is 38.5 Å². The van der Waals surface area contributed by atoms with Crippen molar-refractivity contribution in [3.05, 3.63) is 61.7 Å². The van der Waals surface area contributed by atoms with E-state index in [1.165, 1.54) is 11.3 Å². The highest BCUT2D eigenvalue weighted by molar-refractivity contribution is 9.11. The lowest BCUT2D eigenvalue weighted by atomic mass is 9.99. The molecule has 0 fully saturated rings. The van der Waals surface area contributed by atoms with Crippen LogP contribution in [0.25, 0.3) is 22.3 Å². The molecule has 0 unspecified atom stereocenters. The first kappa shape index (κ1) is 18.7. The SMILES string of the molecule is CS(=O)(=O)c1c(F)cc(-c2cscc2-c2cc(Br)cc(Br)c2)cc1F. The topological polar surface area (TPSA) is 34.1 Å². The van der Waals surface area contributed by atoms with Gasteiger partial charge < -0.3 is 0 Å². The maximum absolute atomic E-state index is 14.2. The van der Waals surface area contributed by atoms with Crippen LogP contribution in [0.5, 0.6) is 0 Å². The zero-order valence-electron chi connectivity index (χ0n) is 12.7. The van der Waals surface area contributed by atoms with Crippen LogP contribution in [0.4, 0.5) is 8.78 Å². The monoisotopic (exact) mass is 506 g/mol. The Labute approximate surface area is 164 Å². The summed E-state index contributed by atoms with van der Waals surface area (Å²) in [6.07, 6.45) is 0.781. The Bertz CT molecular complexity index is 1030. The standard InChI is InChI=1S/C17H10Br2F2O2S2/c1-25(22,23)17-15(20)4-10(5-16(17)21)14-8-24-7-13(14)9-2-11(18)6-12(19)3-9/h2-8H,1H3.